The van der Waals surface area contributed by atoms with Crippen molar-refractivity contribution in [1.29, 1.82) is 0 Å². The number of carbonyl (C=O) groups excluding carboxylic acids is 1. The fourth-order valence-electron chi connectivity index (χ4n) is 3.09. The molecule has 0 bridgehead atoms. The van der Waals surface area contributed by atoms with E-state index in [1.165, 1.54) is 12.1 Å². The summed E-state index contributed by atoms with van der Waals surface area (Å²) in [7, 11) is 1.78. The SMILES string of the molecule is CN(CC1CCCCO1)C(=O)C1CC(Cc2ccc(F)cc2)=NO1. The van der Waals surface area contributed by atoms with Crippen LogP contribution >= 0.6 is 0 Å². The normalized spacial score (nSPS) is 23.5. The van der Waals surface area contributed by atoms with Crippen molar-refractivity contribution in [2.45, 2.75) is 44.3 Å². The zero-order valence-corrected chi connectivity index (χ0v) is 13.9. The first-order valence-corrected chi connectivity index (χ1v) is 8.44. The molecular weight excluding hydrogens is 311 g/mol. The predicted molar refractivity (Wildman–Crippen MR) is 88.3 cm³/mol. The molecule has 1 aromatic rings. The number of amides is 1. The van der Waals surface area contributed by atoms with Gasteiger partial charge in [0.25, 0.3) is 5.91 Å². The number of carbonyl (C=O) groups is 1. The van der Waals surface area contributed by atoms with Gasteiger partial charge in [-0.05, 0) is 37.0 Å². The Morgan fingerprint density at radius 3 is 2.83 bits per heavy atom. The monoisotopic (exact) mass is 334 g/mol. The average molecular weight is 334 g/mol. The zero-order valence-electron chi connectivity index (χ0n) is 13.9. The molecule has 24 heavy (non-hydrogen) atoms. The van der Waals surface area contributed by atoms with Crippen molar-refractivity contribution in [3.05, 3.63) is 35.6 Å². The number of hydrogen-bond donors (Lipinski definition) is 0. The molecule has 130 valence electrons. The molecule has 1 fully saturated rings. The van der Waals surface area contributed by atoms with Gasteiger partial charge in [-0.2, -0.15) is 0 Å². The lowest BCUT2D eigenvalue weighted by atomic mass is 10.0. The summed E-state index contributed by atoms with van der Waals surface area (Å²) in [6.45, 7) is 1.36. The molecule has 2 unspecified atom stereocenters. The average Bonchev–Trinajstić information content (AvgIpc) is 3.05. The van der Waals surface area contributed by atoms with Gasteiger partial charge in [0, 0.05) is 33.0 Å². The molecule has 1 saturated heterocycles. The molecular formula is C18H23FN2O3. The van der Waals surface area contributed by atoms with E-state index in [0.717, 1.165) is 37.1 Å². The van der Waals surface area contributed by atoms with E-state index in [4.69, 9.17) is 9.57 Å². The van der Waals surface area contributed by atoms with Gasteiger partial charge in [0.2, 0.25) is 6.10 Å². The highest BCUT2D eigenvalue weighted by molar-refractivity contribution is 5.93. The van der Waals surface area contributed by atoms with Crippen molar-refractivity contribution in [2.24, 2.45) is 5.16 Å². The molecule has 2 atom stereocenters. The standard InChI is InChI=1S/C18H23FN2O3/c1-21(12-16-4-2-3-9-23-16)18(22)17-11-15(20-24-17)10-13-5-7-14(19)8-6-13/h5-8,16-17H,2-4,9-12H2,1H3. The number of ether oxygens (including phenoxy) is 1. The molecule has 0 radical (unpaired) electrons. The third-order valence-electron chi connectivity index (χ3n) is 4.45. The van der Waals surface area contributed by atoms with Crippen LogP contribution in [0.25, 0.3) is 0 Å². The van der Waals surface area contributed by atoms with Crippen molar-refractivity contribution in [3.63, 3.8) is 0 Å². The van der Waals surface area contributed by atoms with Crippen LogP contribution in [0.4, 0.5) is 4.39 Å². The lowest BCUT2D eigenvalue weighted by molar-refractivity contribution is -0.143. The summed E-state index contributed by atoms with van der Waals surface area (Å²) in [5, 5.41) is 4.03. The van der Waals surface area contributed by atoms with Crippen LogP contribution in [0.15, 0.2) is 29.4 Å². The number of hydrogen-bond acceptors (Lipinski definition) is 4. The molecule has 3 rings (SSSR count). The molecule has 0 spiro atoms. The quantitative estimate of drug-likeness (QED) is 0.831. The van der Waals surface area contributed by atoms with E-state index in [-0.39, 0.29) is 17.8 Å². The van der Waals surface area contributed by atoms with Crippen LogP contribution in [-0.4, -0.2) is 48.9 Å². The molecule has 0 saturated carbocycles. The molecule has 0 aromatic heterocycles. The zero-order chi connectivity index (χ0) is 16.9. The number of benzene rings is 1. The van der Waals surface area contributed by atoms with Crippen LogP contribution in [-0.2, 0) is 20.8 Å². The van der Waals surface area contributed by atoms with E-state index in [0.29, 0.717) is 19.4 Å². The Balaban J connectivity index is 1.48. The van der Waals surface area contributed by atoms with E-state index in [1.54, 1.807) is 24.1 Å². The Hall–Kier alpha value is -1.95. The van der Waals surface area contributed by atoms with Crippen LogP contribution in [0, 0.1) is 5.82 Å². The molecule has 2 heterocycles. The highest BCUT2D eigenvalue weighted by atomic mass is 19.1. The minimum atomic E-state index is -0.561. The van der Waals surface area contributed by atoms with Gasteiger partial charge in [0.1, 0.15) is 5.82 Å². The summed E-state index contributed by atoms with van der Waals surface area (Å²) >= 11 is 0. The second-order valence-electron chi connectivity index (χ2n) is 6.47. The van der Waals surface area contributed by atoms with Crippen LogP contribution in [0.5, 0.6) is 0 Å². The Bertz CT molecular complexity index is 597. The number of nitrogens with zero attached hydrogens (tertiary/aromatic N) is 2. The lowest BCUT2D eigenvalue weighted by Gasteiger charge is -2.28. The fourth-order valence-corrected chi connectivity index (χ4v) is 3.09. The lowest BCUT2D eigenvalue weighted by Crippen LogP contribution is -2.42. The fraction of sp³-hybridized carbons (Fsp3) is 0.556. The molecule has 0 N–H and O–H groups in total. The summed E-state index contributed by atoms with van der Waals surface area (Å²) in [4.78, 5) is 19.5. The van der Waals surface area contributed by atoms with E-state index in [9.17, 15) is 9.18 Å². The second kappa shape index (κ2) is 7.75. The molecule has 0 aliphatic carbocycles. The number of rotatable bonds is 5. The van der Waals surface area contributed by atoms with Crippen LogP contribution in [0.1, 0.15) is 31.2 Å². The Kier molecular flexibility index (Phi) is 5.45. The van der Waals surface area contributed by atoms with E-state index >= 15 is 0 Å². The van der Waals surface area contributed by atoms with E-state index < -0.39 is 6.10 Å². The molecule has 6 heteroatoms. The van der Waals surface area contributed by atoms with Gasteiger partial charge in [0.05, 0.1) is 11.8 Å². The maximum absolute atomic E-state index is 12.9. The van der Waals surface area contributed by atoms with Crippen molar-refractivity contribution >= 4 is 11.6 Å². The van der Waals surface area contributed by atoms with Crippen molar-refractivity contribution in [1.82, 2.24) is 4.90 Å². The summed E-state index contributed by atoms with van der Waals surface area (Å²) in [5.74, 6) is -0.329. The third kappa shape index (κ3) is 4.32. The van der Waals surface area contributed by atoms with Gasteiger partial charge in [-0.25, -0.2) is 4.39 Å². The molecule has 2 aliphatic rings. The topological polar surface area (TPSA) is 51.1 Å². The largest absolute Gasteiger partial charge is 0.382 e. The Morgan fingerprint density at radius 1 is 1.33 bits per heavy atom. The minimum absolute atomic E-state index is 0.0676. The third-order valence-corrected chi connectivity index (χ3v) is 4.45. The van der Waals surface area contributed by atoms with Crippen molar-refractivity contribution in [3.8, 4) is 0 Å². The van der Waals surface area contributed by atoms with E-state index in [1.807, 2.05) is 0 Å². The first-order chi connectivity index (χ1) is 11.6. The Morgan fingerprint density at radius 2 is 2.12 bits per heavy atom. The van der Waals surface area contributed by atoms with Crippen molar-refractivity contribution < 1.29 is 18.8 Å². The summed E-state index contributed by atoms with van der Waals surface area (Å²) in [6.07, 6.45) is 3.85. The van der Waals surface area contributed by atoms with Gasteiger partial charge < -0.3 is 14.5 Å². The summed E-state index contributed by atoms with van der Waals surface area (Å²) in [6, 6.07) is 6.29. The number of likely N-dealkylation sites (N-methyl/N-ethyl adjacent to an activating group) is 1. The van der Waals surface area contributed by atoms with Gasteiger partial charge in [-0.3, -0.25) is 4.79 Å². The summed E-state index contributed by atoms with van der Waals surface area (Å²) < 4.78 is 18.6. The molecule has 2 aliphatic heterocycles. The number of oxime groups is 1. The predicted octanol–water partition coefficient (Wildman–Crippen LogP) is 2.54. The second-order valence-corrected chi connectivity index (χ2v) is 6.47. The summed E-state index contributed by atoms with van der Waals surface area (Å²) in [5.41, 5.74) is 1.76. The Labute approximate surface area is 141 Å². The first-order valence-electron chi connectivity index (χ1n) is 8.44. The van der Waals surface area contributed by atoms with Gasteiger partial charge in [-0.1, -0.05) is 17.3 Å². The smallest absolute Gasteiger partial charge is 0.266 e. The minimum Gasteiger partial charge on any atom is -0.382 e. The van der Waals surface area contributed by atoms with Crippen molar-refractivity contribution in [2.75, 3.05) is 20.2 Å². The van der Waals surface area contributed by atoms with Gasteiger partial charge in [0.15, 0.2) is 0 Å². The maximum atomic E-state index is 12.9. The van der Waals surface area contributed by atoms with Crippen LogP contribution in [0.3, 0.4) is 0 Å². The molecule has 1 aromatic carbocycles. The first kappa shape index (κ1) is 16.9. The van der Waals surface area contributed by atoms with Gasteiger partial charge >= 0.3 is 0 Å². The highest BCUT2D eigenvalue weighted by Gasteiger charge is 2.31. The highest BCUT2D eigenvalue weighted by Crippen LogP contribution is 2.18. The van der Waals surface area contributed by atoms with Crippen LogP contribution < -0.4 is 0 Å². The van der Waals surface area contributed by atoms with Gasteiger partial charge in [-0.15, -0.1) is 0 Å². The molecule has 5 nitrogen and oxygen atoms in total. The van der Waals surface area contributed by atoms with Crippen LogP contribution in [0.2, 0.25) is 0 Å². The molecule has 1 amide bonds. The van der Waals surface area contributed by atoms with E-state index in [2.05, 4.69) is 5.16 Å². The number of halogens is 1. The maximum Gasteiger partial charge on any atom is 0.266 e.